The van der Waals surface area contributed by atoms with Crippen LogP contribution in [0.25, 0.3) is 10.8 Å². The van der Waals surface area contributed by atoms with Gasteiger partial charge in [-0.1, -0.05) is 6.07 Å². The highest BCUT2D eigenvalue weighted by Gasteiger charge is 2.09. The summed E-state index contributed by atoms with van der Waals surface area (Å²) in [5.74, 6) is -2.27. The molecule has 0 N–H and O–H groups in total. The first-order valence-electron chi connectivity index (χ1n) is 4.13. The molecule has 0 fully saturated rings. The van der Waals surface area contributed by atoms with Crippen LogP contribution in [0.2, 0.25) is 0 Å². The summed E-state index contributed by atoms with van der Waals surface area (Å²) in [6, 6.07) is 4.86. The van der Waals surface area contributed by atoms with Crippen molar-refractivity contribution in [1.82, 2.24) is 0 Å². The summed E-state index contributed by atoms with van der Waals surface area (Å²) >= 11 is 0. The van der Waals surface area contributed by atoms with E-state index in [0.717, 1.165) is 6.07 Å². The molecule has 2 aromatic rings. The molecule has 0 atom stereocenters. The largest absolute Gasteiger partial charge is 0.207 e. The minimum Gasteiger partial charge on any atom is -0.207 e. The fraction of sp³-hybridized carbons (Fsp3) is 0.0909. The van der Waals surface area contributed by atoms with Crippen LogP contribution in [0.5, 0.6) is 0 Å². The van der Waals surface area contributed by atoms with Crippen molar-refractivity contribution in [2.75, 3.05) is 0 Å². The van der Waals surface area contributed by atoms with Crippen LogP contribution < -0.4 is 0 Å². The van der Waals surface area contributed by atoms with Crippen molar-refractivity contribution in [3.8, 4) is 0 Å². The number of halogens is 3. The standard InChI is InChI=1S/C11H7F3/c1-6-9-3-2-8(12)4-7(9)5-10(13)11(6)14/h2-5H,1H3. The van der Waals surface area contributed by atoms with Crippen molar-refractivity contribution >= 4 is 10.8 Å². The third kappa shape index (κ3) is 1.25. The van der Waals surface area contributed by atoms with Crippen LogP contribution in [0, 0.1) is 24.4 Å². The van der Waals surface area contributed by atoms with Crippen molar-refractivity contribution in [3.63, 3.8) is 0 Å². The van der Waals surface area contributed by atoms with Gasteiger partial charge < -0.3 is 0 Å². The molecule has 2 aromatic carbocycles. The zero-order valence-electron chi connectivity index (χ0n) is 7.44. The molecule has 2 rings (SSSR count). The number of benzene rings is 2. The lowest BCUT2D eigenvalue weighted by Gasteiger charge is -2.04. The Labute approximate surface area is 79.0 Å². The zero-order chi connectivity index (χ0) is 10.3. The van der Waals surface area contributed by atoms with Crippen LogP contribution in [0.3, 0.4) is 0 Å². The van der Waals surface area contributed by atoms with Gasteiger partial charge in [-0.2, -0.15) is 0 Å². The Hall–Kier alpha value is -1.51. The molecule has 0 aliphatic heterocycles. The molecule has 0 heterocycles. The van der Waals surface area contributed by atoms with Crippen molar-refractivity contribution < 1.29 is 13.2 Å². The second-order valence-corrected chi connectivity index (χ2v) is 3.16. The maximum absolute atomic E-state index is 13.1. The zero-order valence-corrected chi connectivity index (χ0v) is 7.44. The van der Waals surface area contributed by atoms with Crippen molar-refractivity contribution in [2.24, 2.45) is 0 Å². The summed E-state index contributed by atoms with van der Waals surface area (Å²) in [6.07, 6.45) is 0. The van der Waals surface area contributed by atoms with E-state index in [9.17, 15) is 13.2 Å². The minimum absolute atomic E-state index is 0.208. The predicted molar refractivity (Wildman–Crippen MR) is 48.6 cm³/mol. The first-order valence-corrected chi connectivity index (χ1v) is 4.13. The molecule has 3 heteroatoms. The average molecular weight is 196 g/mol. The fourth-order valence-corrected chi connectivity index (χ4v) is 1.49. The second-order valence-electron chi connectivity index (χ2n) is 3.16. The molecule has 0 radical (unpaired) electrons. The molecular formula is C11H7F3. The van der Waals surface area contributed by atoms with E-state index in [2.05, 4.69) is 0 Å². The Morgan fingerprint density at radius 2 is 1.71 bits per heavy atom. The van der Waals surface area contributed by atoms with Crippen LogP contribution in [0.1, 0.15) is 5.56 Å². The highest BCUT2D eigenvalue weighted by atomic mass is 19.2. The summed E-state index contributed by atoms with van der Waals surface area (Å²) < 4.78 is 38.8. The first-order chi connectivity index (χ1) is 6.59. The van der Waals surface area contributed by atoms with Gasteiger partial charge in [-0.05, 0) is 41.5 Å². The third-order valence-electron chi connectivity index (χ3n) is 2.24. The normalized spacial score (nSPS) is 10.9. The molecular weight excluding hydrogens is 189 g/mol. The minimum atomic E-state index is -0.944. The van der Waals surface area contributed by atoms with E-state index in [1.54, 1.807) is 0 Å². The summed E-state index contributed by atoms with van der Waals surface area (Å²) in [5, 5.41) is 0.909. The molecule has 0 aliphatic rings. The van der Waals surface area contributed by atoms with Gasteiger partial charge in [-0.25, -0.2) is 13.2 Å². The van der Waals surface area contributed by atoms with E-state index in [-0.39, 0.29) is 5.56 Å². The predicted octanol–water partition coefficient (Wildman–Crippen LogP) is 3.57. The molecule has 0 unspecified atom stereocenters. The molecule has 0 amide bonds. The summed E-state index contributed by atoms with van der Waals surface area (Å²) in [4.78, 5) is 0. The maximum Gasteiger partial charge on any atom is 0.162 e. The van der Waals surface area contributed by atoms with E-state index in [1.165, 1.54) is 25.1 Å². The Morgan fingerprint density at radius 3 is 2.43 bits per heavy atom. The topological polar surface area (TPSA) is 0 Å². The molecule has 0 bridgehead atoms. The number of aryl methyl sites for hydroxylation is 1. The van der Waals surface area contributed by atoms with E-state index in [0.29, 0.717) is 10.8 Å². The Bertz CT molecular complexity index is 503. The molecule has 0 aromatic heterocycles. The van der Waals surface area contributed by atoms with Gasteiger partial charge in [-0.3, -0.25) is 0 Å². The first kappa shape index (κ1) is 9.06. The molecule has 0 saturated heterocycles. The van der Waals surface area contributed by atoms with E-state index in [1.807, 2.05) is 0 Å². The van der Waals surface area contributed by atoms with Gasteiger partial charge in [-0.15, -0.1) is 0 Å². The molecule has 72 valence electrons. The van der Waals surface area contributed by atoms with Gasteiger partial charge in [0.05, 0.1) is 0 Å². The Morgan fingerprint density at radius 1 is 1.00 bits per heavy atom. The molecule has 0 aliphatic carbocycles. The summed E-state index contributed by atoms with van der Waals surface area (Å²) in [5.41, 5.74) is 0.208. The van der Waals surface area contributed by atoms with Crippen LogP contribution in [-0.2, 0) is 0 Å². The lowest BCUT2D eigenvalue weighted by molar-refractivity contribution is 0.505. The monoisotopic (exact) mass is 196 g/mol. The molecule has 0 spiro atoms. The van der Waals surface area contributed by atoms with E-state index >= 15 is 0 Å². The van der Waals surface area contributed by atoms with E-state index < -0.39 is 17.5 Å². The molecule has 0 nitrogen and oxygen atoms in total. The number of fused-ring (bicyclic) bond motifs is 1. The third-order valence-corrected chi connectivity index (χ3v) is 2.24. The fourth-order valence-electron chi connectivity index (χ4n) is 1.49. The summed E-state index contributed by atoms with van der Waals surface area (Å²) in [7, 11) is 0. The van der Waals surface area contributed by atoms with E-state index in [4.69, 9.17) is 0 Å². The van der Waals surface area contributed by atoms with Crippen LogP contribution in [-0.4, -0.2) is 0 Å². The van der Waals surface area contributed by atoms with Crippen molar-refractivity contribution in [1.29, 1.82) is 0 Å². The van der Waals surface area contributed by atoms with Crippen LogP contribution in [0.4, 0.5) is 13.2 Å². The molecule has 0 saturated carbocycles. The van der Waals surface area contributed by atoms with Crippen molar-refractivity contribution in [3.05, 3.63) is 47.3 Å². The highest BCUT2D eigenvalue weighted by molar-refractivity contribution is 5.85. The van der Waals surface area contributed by atoms with Gasteiger partial charge in [0.2, 0.25) is 0 Å². The number of hydrogen-bond acceptors (Lipinski definition) is 0. The number of hydrogen-bond donors (Lipinski definition) is 0. The van der Waals surface area contributed by atoms with Crippen LogP contribution >= 0.6 is 0 Å². The quantitative estimate of drug-likeness (QED) is 0.604. The van der Waals surface area contributed by atoms with Gasteiger partial charge in [0.15, 0.2) is 11.6 Å². The summed E-state index contributed by atoms with van der Waals surface area (Å²) in [6.45, 7) is 1.47. The van der Waals surface area contributed by atoms with Gasteiger partial charge in [0, 0.05) is 0 Å². The molecule has 14 heavy (non-hydrogen) atoms. The smallest absolute Gasteiger partial charge is 0.162 e. The Kier molecular flexibility index (Phi) is 1.95. The van der Waals surface area contributed by atoms with Crippen LogP contribution in [0.15, 0.2) is 24.3 Å². The van der Waals surface area contributed by atoms with Gasteiger partial charge in [0.25, 0.3) is 0 Å². The lowest BCUT2D eigenvalue weighted by Crippen LogP contribution is -1.91. The van der Waals surface area contributed by atoms with Crippen molar-refractivity contribution in [2.45, 2.75) is 6.92 Å². The second kappa shape index (κ2) is 3.01. The van der Waals surface area contributed by atoms with Gasteiger partial charge >= 0.3 is 0 Å². The Balaban J connectivity index is 2.91. The highest BCUT2D eigenvalue weighted by Crippen LogP contribution is 2.24. The number of rotatable bonds is 0. The average Bonchev–Trinajstić information content (AvgIpc) is 2.14. The lowest BCUT2D eigenvalue weighted by atomic mass is 10.0. The van der Waals surface area contributed by atoms with Gasteiger partial charge in [0.1, 0.15) is 5.82 Å². The maximum atomic E-state index is 13.1. The SMILES string of the molecule is Cc1c(F)c(F)cc2cc(F)ccc12.